The summed E-state index contributed by atoms with van der Waals surface area (Å²) in [6, 6.07) is 1.26. The SMILES string of the molecule is Cn1nccc1[C@@H]1NC(=O)CC[C@H]1NC(=O)c1ncn(C(C)(C)C)n1. The van der Waals surface area contributed by atoms with Crippen LogP contribution in [-0.4, -0.2) is 42.4 Å². The summed E-state index contributed by atoms with van der Waals surface area (Å²) in [6.45, 7) is 5.95. The van der Waals surface area contributed by atoms with Crippen LogP contribution >= 0.6 is 0 Å². The Morgan fingerprint density at radius 3 is 2.76 bits per heavy atom. The molecule has 0 saturated carbocycles. The highest BCUT2D eigenvalue weighted by molar-refractivity contribution is 5.90. The van der Waals surface area contributed by atoms with Crippen LogP contribution in [0.3, 0.4) is 0 Å². The molecule has 0 bridgehead atoms. The molecule has 2 aromatic heterocycles. The lowest BCUT2D eigenvalue weighted by atomic mass is 9.95. The standard InChI is InChI=1S/C16H23N7O2/c1-16(2,3)23-9-17-14(21-23)15(25)19-10-5-6-12(24)20-13(10)11-7-8-18-22(11)4/h7-10,13H,5-6H2,1-4H3,(H,19,25)(H,20,24)/t10-,13-/m1/s1. The summed E-state index contributed by atoms with van der Waals surface area (Å²) in [4.78, 5) is 28.5. The summed E-state index contributed by atoms with van der Waals surface area (Å²) < 4.78 is 3.35. The van der Waals surface area contributed by atoms with Crippen LogP contribution in [0, 0.1) is 0 Å². The van der Waals surface area contributed by atoms with E-state index in [1.54, 1.807) is 21.9 Å². The molecule has 0 unspecified atom stereocenters. The van der Waals surface area contributed by atoms with Crippen molar-refractivity contribution < 1.29 is 9.59 Å². The van der Waals surface area contributed by atoms with Crippen molar-refractivity contribution in [3.63, 3.8) is 0 Å². The van der Waals surface area contributed by atoms with Gasteiger partial charge >= 0.3 is 0 Å². The van der Waals surface area contributed by atoms with Crippen molar-refractivity contribution in [2.24, 2.45) is 7.05 Å². The van der Waals surface area contributed by atoms with Crippen molar-refractivity contribution in [1.29, 1.82) is 0 Å². The number of nitrogens with zero attached hydrogens (tertiary/aromatic N) is 5. The van der Waals surface area contributed by atoms with Crippen molar-refractivity contribution >= 4 is 11.8 Å². The van der Waals surface area contributed by atoms with Gasteiger partial charge in [0, 0.05) is 19.7 Å². The number of amides is 2. The minimum absolute atomic E-state index is 0.0353. The van der Waals surface area contributed by atoms with Gasteiger partial charge in [-0.2, -0.15) is 5.10 Å². The molecule has 1 aliphatic heterocycles. The molecule has 9 nitrogen and oxygen atoms in total. The van der Waals surface area contributed by atoms with Crippen molar-refractivity contribution in [3.8, 4) is 0 Å². The van der Waals surface area contributed by atoms with E-state index < -0.39 is 0 Å². The first kappa shape index (κ1) is 17.1. The van der Waals surface area contributed by atoms with Crippen LogP contribution in [0.15, 0.2) is 18.6 Å². The first-order valence-electron chi connectivity index (χ1n) is 8.26. The Bertz CT molecular complexity index is 787. The average Bonchev–Trinajstić information content (AvgIpc) is 3.17. The molecule has 2 aromatic rings. The third-order valence-electron chi connectivity index (χ3n) is 4.28. The molecular weight excluding hydrogens is 322 g/mol. The van der Waals surface area contributed by atoms with E-state index in [1.807, 2.05) is 33.9 Å². The van der Waals surface area contributed by atoms with Crippen LogP contribution < -0.4 is 10.6 Å². The van der Waals surface area contributed by atoms with Crippen molar-refractivity contribution in [2.45, 2.75) is 51.2 Å². The Balaban J connectivity index is 1.78. The van der Waals surface area contributed by atoms with Crippen LogP contribution in [-0.2, 0) is 17.4 Å². The number of aromatic nitrogens is 5. The average molecular weight is 345 g/mol. The number of hydrogen-bond donors (Lipinski definition) is 2. The van der Waals surface area contributed by atoms with Gasteiger partial charge in [-0.3, -0.25) is 14.3 Å². The van der Waals surface area contributed by atoms with E-state index in [2.05, 4.69) is 25.8 Å². The maximum Gasteiger partial charge on any atom is 0.291 e. The minimum Gasteiger partial charge on any atom is -0.346 e. The summed E-state index contributed by atoms with van der Waals surface area (Å²) in [7, 11) is 1.81. The van der Waals surface area contributed by atoms with E-state index >= 15 is 0 Å². The Morgan fingerprint density at radius 1 is 1.40 bits per heavy atom. The molecule has 3 rings (SSSR count). The molecule has 2 amide bonds. The molecule has 3 heterocycles. The van der Waals surface area contributed by atoms with Crippen LogP contribution in [0.25, 0.3) is 0 Å². The Hall–Kier alpha value is -2.71. The van der Waals surface area contributed by atoms with E-state index in [0.717, 1.165) is 5.69 Å². The quantitative estimate of drug-likeness (QED) is 0.843. The molecule has 0 spiro atoms. The van der Waals surface area contributed by atoms with Crippen LogP contribution in [0.2, 0.25) is 0 Å². The summed E-state index contributed by atoms with van der Waals surface area (Å²) >= 11 is 0. The molecular formula is C16H23N7O2. The molecule has 2 N–H and O–H groups in total. The first-order chi connectivity index (χ1) is 11.8. The number of piperidine rings is 1. The normalized spacial score (nSPS) is 21.0. The van der Waals surface area contributed by atoms with Gasteiger partial charge < -0.3 is 10.6 Å². The second kappa shape index (κ2) is 6.30. The van der Waals surface area contributed by atoms with E-state index in [1.165, 1.54) is 0 Å². The molecule has 0 aromatic carbocycles. The van der Waals surface area contributed by atoms with Gasteiger partial charge in [0.1, 0.15) is 6.33 Å². The van der Waals surface area contributed by atoms with Crippen molar-refractivity contribution in [2.75, 3.05) is 0 Å². The molecule has 2 atom stereocenters. The molecule has 25 heavy (non-hydrogen) atoms. The lowest BCUT2D eigenvalue weighted by Crippen LogP contribution is -2.50. The third kappa shape index (κ3) is 3.54. The lowest BCUT2D eigenvalue weighted by molar-refractivity contribution is -0.123. The van der Waals surface area contributed by atoms with Crippen LogP contribution in [0.4, 0.5) is 0 Å². The highest BCUT2D eigenvalue weighted by atomic mass is 16.2. The maximum absolute atomic E-state index is 12.6. The van der Waals surface area contributed by atoms with E-state index in [-0.39, 0.29) is 35.3 Å². The van der Waals surface area contributed by atoms with E-state index in [4.69, 9.17) is 0 Å². The van der Waals surface area contributed by atoms with Gasteiger partial charge in [0.25, 0.3) is 5.91 Å². The van der Waals surface area contributed by atoms with E-state index in [0.29, 0.717) is 12.8 Å². The molecule has 9 heteroatoms. The van der Waals surface area contributed by atoms with Gasteiger partial charge in [0.05, 0.1) is 23.3 Å². The largest absolute Gasteiger partial charge is 0.346 e. The number of carbonyl (C=O) groups is 2. The smallest absolute Gasteiger partial charge is 0.291 e. The van der Waals surface area contributed by atoms with Crippen molar-refractivity contribution in [3.05, 3.63) is 30.1 Å². The summed E-state index contributed by atoms with van der Waals surface area (Å²) in [5, 5.41) is 14.3. The molecule has 0 aliphatic carbocycles. The Labute approximate surface area is 145 Å². The Morgan fingerprint density at radius 2 is 2.16 bits per heavy atom. The molecule has 134 valence electrons. The second-order valence-corrected chi connectivity index (χ2v) is 7.23. The highest BCUT2D eigenvalue weighted by Gasteiger charge is 2.33. The lowest BCUT2D eigenvalue weighted by Gasteiger charge is -2.32. The van der Waals surface area contributed by atoms with Crippen molar-refractivity contribution in [1.82, 2.24) is 35.2 Å². The summed E-state index contributed by atoms with van der Waals surface area (Å²) in [5.41, 5.74) is 0.591. The van der Waals surface area contributed by atoms with E-state index in [9.17, 15) is 9.59 Å². The molecule has 1 fully saturated rings. The Kier molecular flexibility index (Phi) is 4.32. The summed E-state index contributed by atoms with van der Waals surface area (Å²) in [6.07, 6.45) is 4.13. The maximum atomic E-state index is 12.6. The second-order valence-electron chi connectivity index (χ2n) is 7.23. The fourth-order valence-electron chi connectivity index (χ4n) is 2.85. The third-order valence-corrected chi connectivity index (χ3v) is 4.28. The fraction of sp³-hybridized carbons (Fsp3) is 0.562. The van der Waals surface area contributed by atoms with Crippen LogP contribution in [0.5, 0.6) is 0 Å². The van der Waals surface area contributed by atoms with Gasteiger partial charge in [-0.1, -0.05) is 0 Å². The fourth-order valence-corrected chi connectivity index (χ4v) is 2.85. The van der Waals surface area contributed by atoms with Gasteiger partial charge in [0.2, 0.25) is 11.7 Å². The number of hydrogen-bond acceptors (Lipinski definition) is 5. The predicted molar refractivity (Wildman–Crippen MR) is 89.6 cm³/mol. The zero-order valence-electron chi connectivity index (χ0n) is 14.9. The summed E-state index contributed by atoms with van der Waals surface area (Å²) in [5.74, 6) is -0.265. The zero-order chi connectivity index (χ0) is 18.2. The van der Waals surface area contributed by atoms with Gasteiger partial charge in [0.15, 0.2) is 0 Å². The van der Waals surface area contributed by atoms with Crippen LogP contribution in [0.1, 0.15) is 56.0 Å². The van der Waals surface area contributed by atoms with Gasteiger partial charge in [-0.15, -0.1) is 5.10 Å². The molecule has 1 saturated heterocycles. The minimum atomic E-state index is -0.351. The number of nitrogens with one attached hydrogen (secondary N) is 2. The molecule has 1 aliphatic rings. The number of carbonyl (C=O) groups excluding carboxylic acids is 2. The number of rotatable bonds is 3. The topological polar surface area (TPSA) is 107 Å². The monoisotopic (exact) mass is 345 g/mol. The molecule has 0 radical (unpaired) electrons. The number of aryl methyl sites for hydroxylation is 1. The zero-order valence-corrected chi connectivity index (χ0v) is 14.9. The van der Waals surface area contributed by atoms with Gasteiger partial charge in [-0.05, 0) is 33.3 Å². The predicted octanol–water partition coefficient (Wildman–Crippen LogP) is 0.516. The van der Waals surface area contributed by atoms with Gasteiger partial charge in [-0.25, -0.2) is 9.67 Å². The highest BCUT2D eigenvalue weighted by Crippen LogP contribution is 2.24. The first-order valence-corrected chi connectivity index (χ1v) is 8.26.